The largest absolute Gasteiger partial charge is 0.365 e. The molecule has 1 fully saturated rings. The summed E-state index contributed by atoms with van der Waals surface area (Å²) >= 11 is 0. The highest BCUT2D eigenvalue weighted by atomic mass is 19.3. The first-order valence-corrected chi connectivity index (χ1v) is 8.21. The highest BCUT2D eigenvalue weighted by molar-refractivity contribution is 5.67. The van der Waals surface area contributed by atoms with Gasteiger partial charge in [0.2, 0.25) is 0 Å². The van der Waals surface area contributed by atoms with Crippen LogP contribution >= 0.6 is 0 Å². The molecule has 1 aromatic heterocycles. The van der Waals surface area contributed by atoms with Crippen LogP contribution in [0.3, 0.4) is 0 Å². The Balaban J connectivity index is 1.83. The number of halogens is 2. The summed E-state index contributed by atoms with van der Waals surface area (Å²) in [5.74, 6) is 0.700. The van der Waals surface area contributed by atoms with E-state index in [9.17, 15) is 8.78 Å². The molecule has 0 aliphatic carbocycles. The van der Waals surface area contributed by atoms with Gasteiger partial charge in [-0.25, -0.2) is 8.78 Å². The molecule has 1 aromatic carbocycles. The summed E-state index contributed by atoms with van der Waals surface area (Å²) < 4.78 is 26.4. The summed E-state index contributed by atoms with van der Waals surface area (Å²) in [5, 5.41) is 11.8. The second-order valence-corrected chi connectivity index (χ2v) is 6.39. The van der Waals surface area contributed by atoms with Crippen molar-refractivity contribution in [1.29, 1.82) is 0 Å². The number of aryl methyl sites for hydroxylation is 1. The van der Waals surface area contributed by atoms with Gasteiger partial charge in [-0.15, -0.1) is 10.2 Å². The van der Waals surface area contributed by atoms with E-state index in [2.05, 4.69) is 27.5 Å². The van der Waals surface area contributed by atoms with Gasteiger partial charge in [0, 0.05) is 23.7 Å². The Morgan fingerprint density at radius 3 is 2.75 bits per heavy atom. The zero-order chi connectivity index (χ0) is 17.1. The lowest BCUT2D eigenvalue weighted by atomic mass is 10.0. The summed E-state index contributed by atoms with van der Waals surface area (Å²) in [4.78, 5) is 2.29. The molecule has 3 rings (SSSR count). The summed E-state index contributed by atoms with van der Waals surface area (Å²) in [6.07, 6.45) is -0.278. The smallest absolute Gasteiger partial charge is 0.264 e. The third-order valence-electron chi connectivity index (χ3n) is 4.41. The minimum Gasteiger partial charge on any atom is -0.365 e. The number of hydrogen-bond acceptors (Lipinski definition) is 4. The second kappa shape index (κ2) is 7.21. The van der Waals surface area contributed by atoms with Crippen LogP contribution in [0.2, 0.25) is 0 Å². The molecule has 4 nitrogen and oxygen atoms in total. The lowest BCUT2D eigenvalue weighted by molar-refractivity contribution is 0.152. The maximum absolute atomic E-state index is 13.2. The van der Waals surface area contributed by atoms with Gasteiger partial charge in [0.15, 0.2) is 0 Å². The van der Waals surface area contributed by atoms with Gasteiger partial charge in [-0.3, -0.25) is 0 Å². The molecule has 0 amide bonds. The van der Waals surface area contributed by atoms with Crippen LogP contribution in [0.15, 0.2) is 30.3 Å². The van der Waals surface area contributed by atoms with E-state index in [1.165, 1.54) is 6.07 Å². The van der Waals surface area contributed by atoms with E-state index in [1.54, 1.807) is 18.2 Å². The van der Waals surface area contributed by atoms with E-state index in [0.29, 0.717) is 23.1 Å². The van der Waals surface area contributed by atoms with Gasteiger partial charge in [-0.05, 0) is 45.0 Å². The number of alkyl halides is 2. The number of nitrogens with zero attached hydrogens (tertiary/aromatic N) is 3. The van der Waals surface area contributed by atoms with E-state index in [1.807, 2.05) is 13.0 Å². The van der Waals surface area contributed by atoms with E-state index < -0.39 is 6.43 Å². The number of piperidine rings is 1. The monoisotopic (exact) mass is 332 g/mol. The minimum absolute atomic E-state index is 0.00971. The van der Waals surface area contributed by atoms with E-state index in [-0.39, 0.29) is 5.56 Å². The molecule has 0 saturated carbocycles. The first-order valence-electron chi connectivity index (χ1n) is 8.21. The molecule has 1 aliphatic heterocycles. The SMILES string of the molecule is Cc1cc(N[C@@H]2CCCN(C)C2)nnc1-c1ccccc1C(F)F. The van der Waals surface area contributed by atoms with Gasteiger partial charge in [-0.2, -0.15) is 0 Å². The molecule has 6 heteroatoms. The van der Waals surface area contributed by atoms with Crippen LogP contribution in [0.5, 0.6) is 0 Å². The molecule has 1 saturated heterocycles. The van der Waals surface area contributed by atoms with Crippen molar-refractivity contribution < 1.29 is 8.78 Å². The Bertz CT molecular complexity index is 705. The molecule has 24 heavy (non-hydrogen) atoms. The number of hydrogen-bond donors (Lipinski definition) is 1. The summed E-state index contributed by atoms with van der Waals surface area (Å²) in [6, 6.07) is 8.69. The van der Waals surface area contributed by atoms with E-state index in [4.69, 9.17) is 0 Å². The normalized spacial score (nSPS) is 18.8. The quantitative estimate of drug-likeness (QED) is 0.922. The fourth-order valence-electron chi connectivity index (χ4n) is 3.22. The van der Waals surface area contributed by atoms with Crippen LogP contribution in [0, 0.1) is 6.92 Å². The van der Waals surface area contributed by atoms with Crippen molar-refractivity contribution in [3.8, 4) is 11.3 Å². The fraction of sp³-hybridized carbons (Fsp3) is 0.444. The lowest BCUT2D eigenvalue weighted by Gasteiger charge is -2.30. The average molecular weight is 332 g/mol. The lowest BCUT2D eigenvalue weighted by Crippen LogP contribution is -2.39. The summed E-state index contributed by atoms with van der Waals surface area (Å²) in [5.41, 5.74) is 1.79. The Labute approximate surface area is 140 Å². The predicted octanol–water partition coefficient (Wildman–Crippen LogP) is 3.90. The van der Waals surface area contributed by atoms with Crippen molar-refractivity contribution >= 4 is 5.82 Å². The zero-order valence-electron chi connectivity index (χ0n) is 14.0. The van der Waals surface area contributed by atoms with Crippen molar-refractivity contribution in [2.24, 2.45) is 0 Å². The van der Waals surface area contributed by atoms with Crippen LogP contribution in [-0.2, 0) is 0 Å². The predicted molar refractivity (Wildman–Crippen MR) is 91.3 cm³/mol. The molecular weight excluding hydrogens is 310 g/mol. The minimum atomic E-state index is -2.53. The van der Waals surface area contributed by atoms with Gasteiger partial charge in [0.05, 0.1) is 5.69 Å². The molecule has 1 N–H and O–H groups in total. The number of likely N-dealkylation sites (N-methyl/N-ethyl adjacent to an activating group) is 1. The van der Waals surface area contributed by atoms with Crippen molar-refractivity contribution in [2.75, 3.05) is 25.5 Å². The molecule has 0 radical (unpaired) electrons. The molecule has 0 bridgehead atoms. The van der Waals surface area contributed by atoms with Gasteiger partial charge in [-0.1, -0.05) is 24.3 Å². The van der Waals surface area contributed by atoms with Crippen LogP contribution in [0.1, 0.15) is 30.4 Å². The van der Waals surface area contributed by atoms with Gasteiger partial charge in [0.1, 0.15) is 5.82 Å². The highest BCUT2D eigenvalue weighted by Crippen LogP contribution is 2.31. The highest BCUT2D eigenvalue weighted by Gasteiger charge is 2.19. The van der Waals surface area contributed by atoms with Gasteiger partial charge in [0.25, 0.3) is 6.43 Å². The van der Waals surface area contributed by atoms with E-state index >= 15 is 0 Å². The van der Waals surface area contributed by atoms with Crippen molar-refractivity contribution in [3.63, 3.8) is 0 Å². The summed E-state index contributed by atoms with van der Waals surface area (Å²) in [6.45, 7) is 3.97. The molecule has 0 spiro atoms. The number of anilines is 1. The maximum atomic E-state index is 13.2. The Hall–Kier alpha value is -2.08. The van der Waals surface area contributed by atoms with Crippen LogP contribution in [-0.4, -0.2) is 41.3 Å². The molecule has 2 aromatic rings. The van der Waals surface area contributed by atoms with Crippen molar-refractivity contribution in [3.05, 3.63) is 41.5 Å². The number of nitrogens with one attached hydrogen (secondary N) is 1. The Morgan fingerprint density at radius 1 is 1.25 bits per heavy atom. The Morgan fingerprint density at radius 2 is 2.04 bits per heavy atom. The number of likely N-dealkylation sites (tertiary alicyclic amines) is 1. The summed E-state index contributed by atoms with van der Waals surface area (Å²) in [7, 11) is 2.11. The third-order valence-corrected chi connectivity index (χ3v) is 4.41. The van der Waals surface area contributed by atoms with E-state index in [0.717, 1.165) is 31.5 Å². The van der Waals surface area contributed by atoms with Gasteiger partial charge >= 0.3 is 0 Å². The first kappa shape index (κ1) is 16.8. The van der Waals surface area contributed by atoms with Crippen molar-refractivity contribution in [1.82, 2.24) is 15.1 Å². The van der Waals surface area contributed by atoms with Crippen LogP contribution < -0.4 is 5.32 Å². The number of aromatic nitrogens is 2. The first-order chi connectivity index (χ1) is 11.5. The topological polar surface area (TPSA) is 41.0 Å². The maximum Gasteiger partial charge on any atom is 0.264 e. The zero-order valence-corrected chi connectivity index (χ0v) is 14.0. The standard InChI is InChI=1S/C18H22F2N4/c1-12-10-16(21-13-6-5-9-24(2)11-13)22-23-17(12)14-7-3-4-8-15(14)18(19)20/h3-4,7-8,10,13,18H,5-6,9,11H2,1-2H3,(H,21,22)/t13-/m1/s1. The number of rotatable bonds is 4. The van der Waals surface area contributed by atoms with Crippen molar-refractivity contribution in [2.45, 2.75) is 32.2 Å². The molecule has 2 heterocycles. The molecule has 128 valence electrons. The van der Waals surface area contributed by atoms with Crippen LogP contribution in [0.4, 0.5) is 14.6 Å². The molecule has 1 atom stereocenters. The molecular formula is C18H22F2N4. The molecule has 0 unspecified atom stereocenters. The number of benzene rings is 1. The third kappa shape index (κ3) is 3.70. The van der Waals surface area contributed by atoms with Crippen LogP contribution in [0.25, 0.3) is 11.3 Å². The second-order valence-electron chi connectivity index (χ2n) is 6.39. The fourth-order valence-corrected chi connectivity index (χ4v) is 3.22. The molecule has 1 aliphatic rings. The average Bonchev–Trinajstić information content (AvgIpc) is 2.55. The Kier molecular flexibility index (Phi) is 5.04. The van der Waals surface area contributed by atoms with Gasteiger partial charge < -0.3 is 10.2 Å².